The highest BCUT2D eigenvalue weighted by atomic mass is 16.5. The van der Waals surface area contributed by atoms with Gasteiger partial charge in [-0.15, -0.1) is 0 Å². The molecule has 0 atom stereocenters. The minimum absolute atomic E-state index is 0.503. The van der Waals surface area contributed by atoms with Gasteiger partial charge >= 0.3 is 0 Å². The Balaban J connectivity index is 1.92. The predicted octanol–water partition coefficient (Wildman–Crippen LogP) is 4.25. The van der Waals surface area contributed by atoms with Crippen molar-refractivity contribution in [3.63, 3.8) is 0 Å². The minimum Gasteiger partial charge on any atom is -0.360 e. The van der Waals surface area contributed by atoms with E-state index < -0.39 is 0 Å². The molecule has 0 unspecified atom stereocenters. The van der Waals surface area contributed by atoms with Gasteiger partial charge in [0.25, 0.3) is 0 Å². The van der Waals surface area contributed by atoms with Crippen LogP contribution in [0.15, 0.2) is 47.0 Å². The first-order valence-corrected chi connectivity index (χ1v) is 7.99. The Kier molecular flexibility index (Phi) is 4.74. The normalized spacial score (nSPS) is 10.8. The van der Waals surface area contributed by atoms with Crippen LogP contribution in [0.2, 0.25) is 0 Å². The quantitative estimate of drug-likeness (QED) is 0.706. The summed E-state index contributed by atoms with van der Waals surface area (Å²) < 4.78 is 5.09. The standard InChI is InChI=1S/C18H21N5O/c1-12(2)11-19-18-20-15(14-7-5-4-6-8-14)10-16(22-18)21-17-9-13(3)24-23-17/h4-10,12H,11H2,1-3H3,(H2,19,20,21,22,23). The molecule has 0 amide bonds. The molecule has 0 aliphatic rings. The molecule has 0 aliphatic heterocycles. The van der Waals surface area contributed by atoms with E-state index in [0.29, 0.717) is 23.5 Å². The zero-order chi connectivity index (χ0) is 16.9. The number of aromatic nitrogens is 3. The van der Waals surface area contributed by atoms with E-state index in [-0.39, 0.29) is 0 Å². The number of hydrogen-bond acceptors (Lipinski definition) is 6. The first kappa shape index (κ1) is 16.0. The van der Waals surface area contributed by atoms with Gasteiger partial charge in [0.05, 0.1) is 5.69 Å². The van der Waals surface area contributed by atoms with Crippen LogP contribution in [-0.4, -0.2) is 21.7 Å². The molecular weight excluding hydrogens is 302 g/mol. The summed E-state index contributed by atoms with van der Waals surface area (Å²) in [5.41, 5.74) is 1.88. The smallest absolute Gasteiger partial charge is 0.225 e. The fourth-order valence-corrected chi connectivity index (χ4v) is 2.20. The average Bonchev–Trinajstić information content (AvgIpc) is 2.98. The van der Waals surface area contributed by atoms with Gasteiger partial charge in [0, 0.05) is 24.2 Å². The van der Waals surface area contributed by atoms with Crippen molar-refractivity contribution in [3.8, 4) is 11.3 Å². The summed E-state index contributed by atoms with van der Waals surface area (Å²) in [5, 5.41) is 10.4. The van der Waals surface area contributed by atoms with Crippen LogP contribution < -0.4 is 10.6 Å². The summed E-state index contributed by atoms with van der Waals surface area (Å²) in [5.74, 6) is 3.13. The van der Waals surface area contributed by atoms with Crippen molar-refractivity contribution in [2.24, 2.45) is 5.92 Å². The number of rotatable bonds is 6. The topological polar surface area (TPSA) is 75.9 Å². The zero-order valence-corrected chi connectivity index (χ0v) is 14.1. The molecule has 24 heavy (non-hydrogen) atoms. The second-order valence-corrected chi connectivity index (χ2v) is 6.05. The van der Waals surface area contributed by atoms with Crippen LogP contribution in [-0.2, 0) is 0 Å². The first-order chi connectivity index (χ1) is 11.6. The van der Waals surface area contributed by atoms with Gasteiger partial charge < -0.3 is 15.2 Å². The van der Waals surface area contributed by atoms with Gasteiger partial charge in [-0.25, -0.2) is 4.98 Å². The monoisotopic (exact) mass is 323 g/mol. The maximum atomic E-state index is 5.09. The van der Waals surface area contributed by atoms with E-state index in [9.17, 15) is 0 Å². The Bertz CT molecular complexity index is 798. The lowest BCUT2D eigenvalue weighted by Crippen LogP contribution is -2.11. The number of benzene rings is 1. The van der Waals surface area contributed by atoms with Gasteiger partial charge in [0.1, 0.15) is 11.6 Å². The summed E-state index contributed by atoms with van der Waals surface area (Å²) in [7, 11) is 0. The lowest BCUT2D eigenvalue weighted by Gasteiger charge is -2.11. The molecular formula is C18H21N5O. The lowest BCUT2D eigenvalue weighted by atomic mass is 10.1. The zero-order valence-electron chi connectivity index (χ0n) is 14.1. The summed E-state index contributed by atoms with van der Waals surface area (Å²) in [4.78, 5) is 9.14. The Morgan fingerprint density at radius 1 is 1.04 bits per heavy atom. The van der Waals surface area contributed by atoms with Crippen molar-refractivity contribution < 1.29 is 4.52 Å². The van der Waals surface area contributed by atoms with Gasteiger partial charge in [-0.3, -0.25) is 0 Å². The number of aryl methyl sites for hydroxylation is 1. The van der Waals surface area contributed by atoms with Crippen LogP contribution in [0.3, 0.4) is 0 Å². The largest absolute Gasteiger partial charge is 0.360 e. The Labute approximate surface area is 141 Å². The summed E-state index contributed by atoms with van der Waals surface area (Å²) >= 11 is 0. The van der Waals surface area contributed by atoms with Crippen LogP contribution in [0.4, 0.5) is 17.6 Å². The van der Waals surface area contributed by atoms with E-state index in [1.54, 1.807) is 0 Å². The maximum absolute atomic E-state index is 5.09. The first-order valence-electron chi connectivity index (χ1n) is 7.99. The highest BCUT2D eigenvalue weighted by molar-refractivity contribution is 5.66. The van der Waals surface area contributed by atoms with Gasteiger partial charge in [-0.05, 0) is 12.8 Å². The van der Waals surface area contributed by atoms with Crippen molar-refractivity contribution in [1.29, 1.82) is 0 Å². The van der Waals surface area contributed by atoms with Crippen molar-refractivity contribution in [3.05, 3.63) is 48.2 Å². The number of nitrogens with one attached hydrogen (secondary N) is 2. The van der Waals surface area contributed by atoms with Gasteiger partial charge in [0.15, 0.2) is 5.82 Å². The molecule has 0 saturated carbocycles. The molecule has 3 aromatic rings. The molecule has 0 fully saturated rings. The Morgan fingerprint density at radius 2 is 1.83 bits per heavy atom. The minimum atomic E-state index is 0.503. The van der Waals surface area contributed by atoms with E-state index >= 15 is 0 Å². The number of hydrogen-bond donors (Lipinski definition) is 2. The molecule has 0 saturated heterocycles. The number of anilines is 3. The second kappa shape index (κ2) is 7.12. The SMILES string of the molecule is Cc1cc(Nc2cc(-c3ccccc3)nc(NCC(C)C)n2)no1. The third kappa shape index (κ3) is 4.10. The van der Waals surface area contributed by atoms with Crippen molar-refractivity contribution in [1.82, 2.24) is 15.1 Å². The van der Waals surface area contributed by atoms with E-state index in [1.807, 2.05) is 49.4 Å². The predicted molar refractivity (Wildman–Crippen MR) is 95.3 cm³/mol. The van der Waals surface area contributed by atoms with E-state index in [2.05, 4.69) is 39.6 Å². The molecule has 2 heterocycles. The second-order valence-electron chi connectivity index (χ2n) is 6.05. The van der Waals surface area contributed by atoms with Crippen molar-refractivity contribution >= 4 is 17.6 Å². The van der Waals surface area contributed by atoms with Crippen molar-refractivity contribution in [2.75, 3.05) is 17.2 Å². The molecule has 3 rings (SSSR count). The molecule has 2 aromatic heterocycles. The lowest BCUT2D eigenvalue weighted by molar-refractivity contribution is 0.400. The molecule has 6 nitrogen and oxygen atoms in total. The van der Waals surface area contributed by atoms with Crippen LogP contribution in [0.1, 0.15) is 19.6 Å². The van der Waals surface area contributed by atoms with Crippen molar-refractivity contribution in [2.45, 2.75) is 20.8 Å². The third-order valence-electron chi connectivity index (χ3n) is 3.35. The van der Waals surface area contributed by atoms with E-state index in [0.717, 1.165) is 23.6 Å². The van der Waals surface area contributed by atoms with E-state index in [1.165, 1.54) is 0 Å². The van der Waals surface area contributed by atoms with Gasteiger partial charge in [0.2, 0.25) is 5.95 Å². The molecule has 124 valence electrons. The van der Waals surface area contributed by atoms with Crippen LogP contribution in [0.25, 0.3) is 11.3 Å². The van der Waals surface area contributed by atoms with Crippen LogP contribution in [0, 0.1) is 12.8 Å². The molecule has 0 aliphatic carbocycles. The Hall–Kier alpha value is -2.89. The molecule has 1 aromatic carbocycles. The summed E-state index contributed by atoms with van der Waals surface area (Å²) in [6, 6.07) is 13.8. The Morgan fingerprint density at radius 3 is 2.50 bits per heavy atom. The third-order valence-corrected chi connectivity index (χ3v) is 3.35. The molecule has 6 heteroatoms. The highest BCUT2D eigenvalue weighted by Crippen LogP contribution is 2.23. The highest BCUT2D eigenvalue weighted by Gasteiger charge is 2.09. The fourth-order valence-electron chi connectivity index (χ4n) is 2.20. The molecule has 0 bridgehead atoms. The maximum Gasteiger partial charge on any atom is 0.225 e. The van der Waals surface area contributed by atoms with Gasteiger partial charge in [-0.1, -0.05) is 49.3 Å². The van der Waals surface area contributed by atoms with Gasteiger partial charge in [-0.2, -0.15) is 4.98 Å². The molecule has 2 N–H and O–H groups in total. The summed E-state index contributed by atoms with van der Waals surface area (Å²) in [6.07, 6.45) is 0. The summed E-state index contributed by atoms with van der Waals surface area (Å²) in [6.45, 7) is 6.95. The molecule has 0 spiro atoms. The average molecular weight is 323 g/mol. The number of nitrogens with zero attached hydrogens (tertiary/aromatic N) is 3. The fraction of sp³-hybridized carbons (Fsp3) is 0.278. The van der Waals surface area contributed by atoms with Crippen LogP contribution in [0.5, 0.6) is 0 Å². The van der Waals surface area contributed by atoms with E-state index in [4.69, 9.17) is 4.52 Å². The molecule has 0 radical (unpaired) electrons. The van der Waals surface area contributed by atoms with Crippen LogP contribution >= 0.6 is 0 Å².